The Morgan fingerprint density at radius 3 is 2.11 bits per heavy atom. The first-order valence-corrected chi connectivity index (χ1v) is 16.1. The third-order valence-electron chi connectivity index (χ3n) is 9.90. The molecular formula is C34H47F3N6O. The average Bonchev–Trinajstić information content (AvgIpc) is 2.99. The van der Waals surface area contributed by atoms with Crippen LogP contribution in [0.3, 0.4) is 0 Å². The number of pyridine rings is 1. The standard InChI is InChI=1S/C34H47F3N6O/c1-20(2)42-15-11-24(12-16-42)29-19-27-31(33(44)41(29)7)39-23(6)40-32(27)38-22(5)26-9-8-10-28(30(26)35)34(36,37)25-13-17-43(18-14-25)21(3)4/h8-10,19-22,24-25H,11-18H2,1-7H3,(H,38,39,40)/t22-/m1/s1. The summed E-state index contributed by atoms with van der Waals surface area (Å²) in [4.78, 5) is 27.2. The summed E-state index contributed by atoms with van der Waals surface area (Å²) in [6.07, 6.45) is 2.52. The average molecular weight is 613 g/mol. The molecular weight excluding hydrogens is 565 g/mol. The van der Waals surface area contributed by atoms with E-state index in [1.54, 1.807) is 25.5 Å². The molecule has 0 aliphatic carbocycles. The van der Waals surface area contributed by atoms with Gasteiger partial charge < -0.3 is 19.7 Å². The predicted octanol–water partition coefficient (Wildman–Crippen LogP) is 6.75. The summed E-state index contributed by atoms with van der Waals surface area (Å²) in [7, 11) is 1.78. The minimum absolute atomic E-state index is 0.135. The first-order valence-electron chi connectivity index (χ1n) is 16.1. The highest BCUT2D eigenvalue weighted by atomic mass is 19.3. The van der Waals surface area contributed by atoms with E-state index in [-0.39, 0.29) is 22.6 Å². The number of likely N-dealkylation sites (tertiary alicyclic amines) is 2. The van der Waals surface area contributed by atoms with Crippen molar-refractivity contribution in [3.05, 3.63) is 63.1 Å². The summed E-state index contributed by atoms with van der Waals surface area (Å²) >= 11 is 0. The largest absolute Gasteiger partial charge is 0.363 e. The van der Waals surface area contributed by atoms with Gasteiger partial charge in [-0.2, -0.15) is 0 Å². The fraction of sp³-hybridized carbons (Fsp3) is 0.618. The molecule has 0 radical (unpaired) electrons. The summed E-state index contributed by atoms with van der Waals surface area (Å²) in [5.74, 6) is -4.09. The lowest BCUT2D eigenvalue weighted by Gasteiger charge is -2.38. The van der Waals surface area contributed by atoms with Crippen LogP contribution < -0.4 is 10.9 Å². The van der Waals surface area contributed by atoms with Crippen LogP contribution in [0.2, 0.25) is 0 Å². The monoisotopic (exact) mass is 612 g/mol. The van der Waals surface area contributed by atoms with E-state index < -0.39 is 29.3 Å². The van der Waals surface area contributed by atoms with Gasteiger partial charge in [0.25, 0.3) is 11.5 Å². The van der Waals surface area contributed by atoms with Gasteiger partial charge >= 0.3 is 0 Å². The molecule has 5 rings (SSSR count). The lowest BCUT2D eigenvalue weighted by Crippen LogP contribution is -2.42. The van der Waals surface area contributed by atoms with E-state index >= 15 is 13.2 Å². The van der Waals surface area contributed by atoms with Crippen molar-refractivity contribution < 1.29 is 13.2 Å². The molecule has 0 amide bonds. The van der Waals surface area contributed by atoms with Gasteiger partial charge in [-0.05, 0) is 99.5 Å². The highest BCUT2D eigenvalue weighted by Gasteiger charge is 2.45. The maximum atomic E-state index is 16.0. The fourth-order valence-corrected chi connectivity index (χ4v) is 7.04. The van der Waals surface area contributed by atoms with Crippen molar-refractivity contribution in [3.8, 4) is 0 Å². The summed E-state index contributed by atoms with van der Waals surface area (Å²) in [5.41, 5.74) is 0.578. The zero-order chi connectivity index (χ0) is 31.9. The number of nitrogens with one attached hydrogen (secondary N) is 1. The summed E-state index contributed by atoms with van der Waals surface area (Å²) in [6, 6.07) is 6.32. The first kappa shape index (κ1) is 32.4. The number of anilines is 1. The Labute approximate surface area is 258 Å². The molecule has 44 heavy (non-hydrogen) atoms. The topological polar surface area (TPSA) is 66.3 Å². The summed E-state index contributed by atoms with van der Waals surface area (Å²) in [5, 5.41) is 3.82. The quantitative estimate of drug-likeness (QED) is 0.304. The molecule has 1 aromatic carbocycles. The summed E-state index contributed by atoms with van der Waals surface area (Å²) in [6.45, 7) is 15.0. The Hall–Kier alpha value is -2.98. The van der Waals surface area contributed by atoms with Crippen LogP contribution in [0.15, 0.2) is 29.1 Å². The van der Waals surface area contributed by atoms with Gasteiger partial charge in [-0.1, -0.05) is 18.2 Å². The lowest BCUT2D eigenvalue weighted by atomic mass is 9.85. The Balaban J connectivity index is 1.44. The Kier molecular flexibility index (Phi) is 9.42. The third kappa shape index (κ3) is 6.25. The second-order valence-electron chi connectivity index (χ2n) is 13.3. The molecule has 0 unspecified atom stereocenters. The number of hydrogen-bond acceptors (Lipinski definition) is 6. The van der Waals surface area contributed by atoms with Gasteiger partial charge in [0.1, 0.15) is 23.0 Å². The minimum atomic E-state index is -3.28. The number of fused-ring (bicyclic) bond motifs is 1. The van der Waals surface area contributed by atoms with Crippen LogP contribution in [0.4, 0.5) is 19.0 Å². The number of hydrogen-bond donors (Lipinski definition) is 1. The number of rotatable bonds is 8. The maximum Gasteiger partial charge on any atom is 0.278 e. The van der Waals surface area contributed by atoms with E-state index in [9.17, 15) is 4.79 Å². The Bertz CT molecular complexity index is 1540. The smallest absolute Gasteiger partial charge is 0.278 e. The van der Waals surface area contributed by atoms with Gasteiger partial charge in [-0.15, -0.1) is 0 Å². The molecule has 1 atom stereocenters. The zero-order valence-electron chi connectivity index (χ0n) is 27.1. The van der Waals surface area contributed by atoms with Crippen molar-refractivity contribution in [2.45, 2.75) is 97.2 Å². The molecule has 10 heteroatoms. The van der Waals surface area contributed by atoms with Crippen molar-refractivity contribution in [1.82, 2.24) is 24.3 Å². The third-order valence-corrected chi connectivity index (χ3v) is 9.90. The van der Waals surface area contributed by atoms with E-state index in [4.69, 9.17) is 0 Å². The van der Waals surface area contributed by atoms with E-state index in [0.717, 1.165) is 31.6 Å². The number of nitrogens with zero attached hydrogens (tertiary/aromatic N) is 5. The molecule has 1 N–H and O–H groups in total. The van der Waals surface area contributed by atoms with E-state index in [1.807, 2.05) is 6.07 Å². The van der Waals surface area contributed by atoms with E-state index in [1.165, 1.54) is 18.2 Å². The van der Waals surface area contributed by atoms with E-state index in [2.05, 4.69) is 52.8 Å². The second-order valence-corrected chi connectivity index (χ2v) is 13.3. The van der Waals surface area contributed by atoms with Crippen molar-refractivity contribution in [3.63, 3.8) is 0 Å². The van der Waals surface area contributed by atoms with Crippen LogP contribution in [-0.4, -0.2) is 62.6 Å². The van der Waals surface area contributed by atoms with Gasteiger partial charge in [0, 0.05) is 42.2 Å². The van der Waals surface area contributed by atoms with Gasteiger partial charge in [0.2, 0.25) is 0 Å². The summed E-state index contributed by atoms with van der Waals surface area (Å²) < 4.78 is 49.2. The van der Waals surface area contributed by atoms with Gasteiger partial charge in [-0.3, -0.25) is 4.79 Å². The van der Waals surface area contributed by atoms with Crippen LogP contribution >= 0.6 is 0 Å². The SMILES string of the molecule is Cc1nc(N[C@H](C)c2cccc(C(F)(F)C3CCN(C(C)C)CC3)c2F)c2cc(C3CCN(C(C)C)CC3)n(C)c(=O)c2n1. The lowest BCUT2D eigenvalue weighted by molar-refractivity contribution is -0.0900. The molecule has 7 nitrogen and oxygen atoms in total. The van der Waals surface area contributed by atoms with Crippen LogP contribution in [-0.2, 0) is 13.0 Å². The minimum Gasteiger partial charge on any atom is -0.363 e. The number of halogens is 3. The molecule has 2 aromatic heterocycles. The van der Waals surface area contributed by atoms with E-state index in [0.29, 0.717) is 55.0 Å². The van der Waals surface area contributed by atoms with Crippen LogP contribution in [0.25, 0.3) is 10.9 Å². The maximum absolute atomic E-state index is 16.0. The molecule has 0 saturated carbocycles. The van der Waals surface area contributed by atoms with Crippen molar-refractivity contribution in [2.24, 2.45) is 13.0 Å². The van der Waals surface area contributed by atoms with Gasteiger partial charge in [0.15, 0.2) is 0 Å². The molecule has 0 bridgehead atoms. The number of benzene rings is 1. The molecule has 2 saturated heterocycles. The molecule has 3 aromatic rings. The number of alkyl halides is 2. The Morgan fingerprint density at radius 1 is 0.932 bits per heavy atom. The number of aryl methyl sites for hydroxylation is 1. The first-order chi connectivity index (χ1) is 20.8. The number of piperidine rings is 2. The van der Waals surface area contributed by atoms with Crippen molar-refractivity contribution >= 4 is 16.7 Å². The predicted molar refractivity (Wildman–Crippen MR) is 170 cm³/mol. The molecule has 2 aliphatic heterocycles. The second kappa shape index (κ2) is 12.8. The molecule has 4 heterocycles. The normalized spacial score (nSPS) is 18.9. The fourth-order valence-electron chi connectivity index (χ4n) is 7.04. The highest BCUT2D eigenvalue weighted by molar-refractivity contribution is 5.89. The molecule has 2 aliphatic rings. The molecule has 240 valence electrons. The van der Waals surface area contributed by atoms with Crippen molar-refractivity contribution in [2.75, 3.05) is 31.5 Å². The van der Waals surface area contributed by atoms with Crippen molar-refractivity contribution in [1.29, 1.82) is 0 Å². The molecule has 2 fully saturated rings. The van der Waals surface area contributed by atoms with Crippen LogP contribution in [0.5, 0.6) is 0 Å². The zero-order valence-corrected chi connectivity index (χ0v) is 27.1. The van der Waals surface area contributed by atoms with Gasteiger partial charge in [0.05, 0.1) is 17.0 Å². The van der Waals surface area contributed by atoms with Crippen LogP contribution in [0.1, 0.15) is 94.9 Å². The Morgan fingerprint density at radius 2 is 1.52 bits per heavy atom. The highest BCUT2D eigenvalue weighted by Crippen LogP contribution is 2.44. The van der Waals surface area contributed by atoms with Crippen LogP contribution in [0, 0.1) is 18.7 Å². The molecule has 0 spiro atoms. The number of aromatic nitrogens is 3. The van der Waals surface area contributed by atoms with Gasteiger partial charge in [-0.25, -0.2) is 23.1 Å².